The minimum Gasteiger partial charge on any atom is -0.465 e. The molecule has 0 aliphatic heterocycles. The number of hydrogen-bond acceptors (Lipinski definition) is 5. The summed E-state index contributed by atoms with van der Waals surface area (Å²) in [5.74, 6) is -0.447. The number of nitrogens with one attached hydrogen (secondary N) is 1. The smallest absolute Gasteiger partial charge is 0.323 e. The molecule has 0 saturated carbocycles. The number of carbonyl (C=O) groups excluding carboxylic acids is 1. The molecule has 0 amide bonds. The van der Waals surface area contributed by atoms with Gasteiger partial charge >= 0.3 is 5.97 Å². The zero-order valence-corrected chi connectivity index (χ0v) is 11.7. The van der Waals surface area contributed by atoms with E-state index in [1.807, 2.05) is 9.47 Å². The highest BCUT2D eigenvalue weighted by atomic mass is 31.2. The van der Waals surface area contributed by atoms with E-state index in [1.54, 1.807) is 13.8 Å². The van der Waals surface area contributed by atoms with Crippen LogP contribution in [0, 0.1) is 0 Å². The predicted molar refractivity (Wildman–Crippen MR) is 66.2 cm³/mol. The molecule has 6 nitrogen and oxygen atoms in total. The second kappa shape index (κ2) is 8.15. The zero-order valence-electron chi connectivity index (χ0n) is 9.64. The van der Waals surface area contributed by atoms with Gasteiger partial charge < -0.3 is 14.8 Å². The summed E-state index contributed by atoms with van der Waals surface area (Å²) in [7, 11) is -1.07. The first-order valence-electron chi connectivity index (χ1n) is 5.11. The minimum absolute atomic E-state index is 0.288. The first-order valence-corrected chi connectivity index (χ1v) is 7.39. The first kappa shape index (κ1) is 16.0. The van der Waals surface area contributed by atoms with Gasteiger partial charge in [0.25, 0.3) is 7.52 Å². The molecule has 0 aromatic heterocycles. The highest BCUT2D eigenvalue weighted by Crippen LogP contribution is 2.45. The standard InChI is InChI=1S/C8H20N2O4P2/c1-3-13-8(11)7(2)10-16(12,14-15)6-4-5-9/h7H,3-6,9,15H2,1-2H3,(H,10,12)/t7-,16?/m0/s1. The summed E-state index contributed by atoms with van der Waals surface area (Å²) >= 11 is 0. The van der Waals surface area contributed by atoms with Crippen LogP contribution in [-0.4, -0.2) is 31.3 Å². The van der Waals surface area contributed by atoms with Crippen molar-refractivity contribution in [1.82, 2.24) is 5.09 Å². The van der Waals surface area contributed by atoms with Crippen LogP contribution in [0.1, 0.15) is 20.3 Å². The van der Waals surface area contributed by atoms with Crippen molar-refractivity contribution in [3.05, 3.63) is 0 Å². The summed E-state index contributed by atoms with van der Waals surface area (Å²) in [6, 6.07) is -0.663. The highest BCUT2D eigenvalue weighted by molar-refractivity contribution is 7.60. The number of esters is 1. The van der Waals surface area contributed by atoms with Crippen LogP contribution in [0.25, 0.3) is 0 Å². The van der Waals surface area contributed by atoms with E-state index in [9.17, 15) is 9.36 Å². The van der Waals surface area contributed by atoms with Crippen molar-refractivity contribution in [1.29, 1.82) is 0 Å². The van der Waals surface area contributed by atoms with Gasteiger partial charge in [0, 0.05) is 15.6 Å². The van der Waals surface area contributed by atoms with Crippen LogP contribution >= 0.6 is 17.0 Å². The fourth-order valence-electron chi connectivity index (χ4n) is 1.06. The number of nitrogens with two attached hydrogens (primary N) is 1. The van der Waals surface area contributed by atoms with Gasteiger partial charge in [0.15, 0.2) is 0 Å². The molecule has 16 heavy (non-hydrogen) atoms. The lowest BCUT2D eigenvalue weighted by atomic mass is 10.4. The van der Waals surface area contributed by atoms with Crippen LogP contribution in [0.5, 0.6) is 0 Å². The molecular formula is C8H20N2O4P2. The molecule has 0 fully saturated rings. The van der Waals surface area contributed by atoms with Gasteiger partial charge in [-0.3, -0.25) is 9.36 Å². The van der Waals surface area contributed by atoms with Crippen LogP contribution in [0.2, 0.25) is 0 Å². The van der Waals surface area contributed by atoms with Crippen molar-refractivity contribution >= 4 is 23.0 Å². The summed E-state index contributed by atoms with van der Waals surface area (Å²) < 4.78 is 21.7. The van der Waals surface area contributed by atoms with Crippen LogP contribution < -0.4 is 10.8 Å². The molecule has 3 N–H and O–H groups in total. The molecule has 8 heteroatoms. The molecule has 96 valence electrons. The largest absolute Gasteiger partial charge is 0.465 e. The van der Waals surface area contributed by atoms with Gasteiger partial charge in [-0.25, -0.2) is 5.09 Å². The van der Waals surface area contributed by atoms with Gasteiger partial charge in [0.05, 0.1) is 6.61 Å². The van der Waals surface area contributed by atoms with Crippen molar-refractivity contribution < 1.29 is 18.4 Å². The average Bonchev–Trinajstić information content (AvgIpc) is 2.26. The molecule has 0 rings (SSSR count). The van der Waals surface area contributed by atoms with E-state index in [0.717, 1.165) is 0 Å². The number of ether oxygens (including phenoxy) is 1. The molecule has 0 radical (unpaired) electrons. The molecule has 3 atom stereocenters. The van der Waals surface area contributed by atoms with E-state index in [0.29, 0.717) is 19.6 Å². The third kappa shape index (κ3) is 5.92. The summed E-state index contributed by atoms with van der Waals surface area (Å²) in [5, 5.41) is 2.64. The Morgan fingerprint density at radius 1 is 1.62 bits per heavy atom. The lowest BCUT2D eigenvalue weighted by molar-refractivity contribution is -0.144. The van der Waals surface area contributed by atoms with Gasteiger partial charge in [-0.1, -0.05) is 0 Å². The molecule has 2 unspecified atom stereocenters. The summed E-state index contributed by atoms with van der Waals surface area (Å²) in [5.41, 5.74) is 5.33. The Morgan fingerprint density at radius 3 is 2.69 bits per heavy atom. The first-order chi connectivity index (χ1) is 7.49. The van der Waals surface area contributed by atoms with Crippen molar-refractivity contribution in [2.75, 3.05) is 19.3 Å². The third-order valence-electron chi connectivity index (χ3n) is 1.86. The van der Waals surface area contributed by atoms with Crippen LogP contribution in [-0.2, 0) is 18.4 Å². The van der Waals surface area contributed by atoms with Crippen molar-refractivity contribution in [3.63, 3.8) is 0 Å². The number of rotatable bonds is 8. The lowest BCUT2D eigenvalue weighted by Gasteiger charge is -2.20. The van der Waals surface area contributed by atoms with E-state index in [1.165, 1.54) is 0 Å². The van der Waals surface area contributed by atoms with Gasteiger partial charge in [-0.15, -0.1) is 0 Å². The molecule has 0 heterocycles. The van der Waals surface area contributed by atoms with E-state index in [-0.39, 0.29) is 6.16 Å². The Morgan fingerprint density at radius 2 is 2.25 bits per heavy atom. The topological polar surface area (TPSA) is 90.7 Å². The molecule has 0 saturated heterocycles. The fraction of sp³-hybridized carbons (Fsp3) is 0.875. The maximum atomic E-state index is 12.0. The van der Waals surface area contributed by atoms with Crippen molar-refractivity contribution in [2.24, 2.45) is 5.73 Å². The quantitative estimate of drug-likeness (QED) is 0.502. The Kier molecular flexibility index (Phi) is 8.16. The Balaban J connectivity index is 4.29. The number of hydrogen-bond donors (Lipinski definition) is 2. The van der Waals surface area contributed by atoms with Gasteiger partial charge in [0.1, 0.15) is 6.04 Å². The van der Waals surface area contributed by atoms with Crippen LogP contribution in [0.15, 0.2) is 0 Å². The normalized spacial score (nSPS) is 16.5. The van der Waals surface area contributed by atoms with E-state index >= 15 is 0 Å². The fourth-order valence-corrected chi connectivity index (χ4v) is 3.15. The summed E-state index contributed by atoms with van der Waals surface area (Å²) in [6.45, 7) is 4.01. The molecule has 0 spiro atoms. The molecule has 0 aromatic carbocycles. The van der Waals surface area contributed by atoms with Gasteiger partial charge in [0.2, 0.25) is 0 Å². The summed E-state index contributed by atoms with van der Waals surface area (Å²) in [6.07, 6.45) is 0.852. The minimum atomic E-state index is -3.02. The van der Waals surface area contributed by atoms with E-state index < -0.39 is 19.5 Å². The Bertz CT molecular complexity index is 262. The third-order valence-corrected chi connectivity index (χ3v) is 4.91. The SMILES string of the molecule is CCOC(=O)[C@H](C)NP(=O)(CCCN)OP. The van der Waals surface area contributed by atoms with Crippen molar-refractivity contribution in [3.8, 4) is 0 Å². The predicted octanol–water partition coefficient (Wildman–Crippen LogP) is 0.876. The molecular weight excluding hydrogens is 250 g/mol. The van der Waals surface area contributed by atoms with Gasteiger partial charge in [-0.2, -0.15) is 0 Å². The van der Waals surface area contributed by atoms with E-state index in [2.05, 4.69) is 5.09 Å². The highest BCUT2D eigenvalue weighted by Gasteiger charge is 2.27. The second-order valence-electron chi connectivity index (χ2n) is 3.25. The second-order valence-corrected chi connectivity index (χ2v) is 6.14. The molecule has 0 aromatic rings. The zero-order chi connectivity index (χ0) is 12.6. The van der Waals surface area contributed by atoms with E-state index in [4.69, 9.17) is 14.8 Å². The molecule has 0 aliphatic carbocycles. The molecule has 0 aliphatic rings. The Labute approximate surface area is 98.4 Å². The Hall–Kier alpha value is 0.01000. The maximum absolute atomic E-state index is 12.0. The average molecular weight is 270 g/mol. The monoisotopic (exact) mass is 270 g/mol. The maximum Gasteiger partial charge on any atom is 0.323 e. The molecule has 0 bridgehead atoms. The van der Waals surface area contributed by atoms with Crippen molar-refractivity contribution in [2.45, 2.75) is 26.3 Å². The lowest BCUT2D eigenvalue weighted by Crippen LogP contribution is -2.34. The van der Waals surface area contributed by atoms with Crippen LogP contribution in [0.3, 0.4) is 0 Å². The van der Waals surface area contributed by atoms with Crippen LogP contribution in [0.4, 0.5) is 0 Å². The number of carbonyl (C=O) groups is 1. The summed E-state index contributed by atoms with van der Waals surface area (Å²) in [4.78, 5) is 11.3. The van der Waals surface area contributed by atoms with Gasteiger partial charge in [-0.05, 0) is 26.8 Å².